The molecule has 2 aliphatic carbocycles. The Kier molecular flexibility index (Phi) is 3.58. The predicted molar refractivity (Wildman–Crippen MR) is 74.9 cm³/mol. The first-order chi connectivity index (χ1) is 9.94. The number of aliphatic hydroxyl groups excluding tert-OH is 1. The van der Waals surface area contributed by atoms with Crippen LogP contribution < -0.4 is 10.0 Å². The first kappa shape index (κ1) is 14.3. The fraction of sp³-hybridized carbons (Fsp3) is 0.538. The van der Waals surface area contributed by atoms with E-state index in [9.17, 15) is 18.3 Å². The molecule has 3 N–H and O–H groups in total. The van der Waals surface area contributed by atoms with E-state index in [1.807, 2.05) is 0 Å². The Labute approximate surface area is 122 Å². The maximum atomic E-state index is 12.1. The molecule has 1 aromatic heterocycles. The fourth-order valence-corrected chi connectivity index (χ4v) is 3.19. The number of rotatable bonds is 5. The second-order valence-corrected chi connectivity index (χ2v) is 7.20. The Morgan fingerprint density at radius 3 is 2.62 bits per heavy atom. The van der Waals surface area contributed by atoms with Gasteiger partial charge in [0.25, 0.3) is 10.0 Å². The van der Waals surface area contributed by atoms with Crippen LogP contribution in [0.2, 0.25) is 0 Å². The molecule has 0 saturated heterocycles. The maximum absolute atomic E-state index is 12.1. The van der Waals surface area contributed by atoms with E-state index in [0.717, 1.165) is 12.8 Å². The molecule has 114 valence electrons. The van der Waals surface area contributed by atoms with Gasteiger partial charge in [-0.25, -0.2) is 9.71 Å². The third-order valence-corrected chi connectivity index (χ3v) is 4.90. The van der Waals surface area contributed by atoms with Crippen molar-refractivity contribution in [3.63, 3.8) is 0 Å². The van der Waals surface area contributed by atoms with Crippen LogP contribution in [0.4, 0.5) is 5.82 Å². The topological polar surface area (TPSA) is 108 Å². The van der Waals surface area contributed by atoms with Gasteiger partial charge in [-0.3, -0.25) is 4.79 Å². The number of aromatic nitrogens is 1. The Bertz CT molecular complexity index is 651. The summed E-state index contributed by atoms with van der Waals surface area (Å²) < 4.78 is 26.2. The molecule has 2 aliphatic rings. The molecule has 7 nitrogen and oxygen atoms in total. The number of nitrogens with zero attached hydrogens (tertiary/aromatic N) is 1. The van der Waals surface area contributed by atoms with E-state index >= 15 is 0 Å². The van der Waals surface area contributed by atoms with Crippen LogP contribution >= 0.6 is 0 Å². The van der Waals surface area contributed by atoms with Crippen LogP contribution in [0.15, 0.2) is 23.2 Å². The fourth-order valence-electron chi connectivity index (χ4n) is 2.17. The van der Waals surface area contributed by atoms with Gasteiger partial charge in [0.2, 0.25) is 5.91 Å². The maximum Gasteiger partial charge on any atom is 0.281 e. The summed E-state index contributed by atoms with van der Waals surface area (Å²) in [6, 6.07) is 4.68. The van der Waals surface area contributed by atoms with Crippen LogP contribution in [0.5, 0.6) is 0 Å². The molecule has 0 spiro atoms. The highest BCUT2D eigenvalue weighted by molar-refractivity contribution is 7.90. The van der Waals surface area contributed by atoms with Gasteiger partial charge in [-0.1, -0.05) is 6.07 Å². The molecule has 0 radical (unpaired) electrons. The number of pyridine rings is 1. The van der Waals surface area contributed by atoms with Crippen molar-refractivity contribution in [3.05, 3.63) is 18.2 Å². The zero-order chi connectivity index (χ0) is 15.0. The van der Waals surface area contributed by atoms with Gasteiger partial charge in [-0.05, 0) is 37.8 Å². The van der Waals surface area contributed by atoms with Gasteiger partial charge in [0.15, 0.2) is 5.03 Å². The van der Waals surface area contributed by atoms with E-state index in [1.54, 1.807) is 12.1 Å². The molecular formula is C13H17N3O4S. The minimum absolute atomic E-state index is 0.103. The average molecular weight is 311 g/mol. The van der Waals surface area contributed by atoms with Crippen molar-refractivity contribution >= 4 is 21.7 Å². The normalized spacial score (nSPS) is 25.0. The lowest BCUT2D eigenvalue weighted by Gasteiger charge is -2.32. The number of aliphatic hydroxyl groups is 1. The molecule has 21 heavy (non-hydrogen) atoms. The van der Waals surface area contributed by atoms with Crippen molar-refractivity contribution in [3.8, 4) is 0 Å². The lowest BCUT2D eigenvalue weighted by molar-refractivity contribution is -0.120. The minimum Gasteiger partial charge on any atom is -0.393 e. The van der Waals surface area contributed by atoms with Crippen molar-refractivity contribution < 1.29 is 18.3 Å². The zero-order valence-electron chi connectivity index (χ0n) is 11.3. The summed E-state index contributed by atoms with van der Waals surface area (Å²) in [6.45, 7) is 0. The summed E-state index contributed by atoms with van der Waals surface area (Å²) in [6.07, 6.45) is 2.42. The largest absolute Gasteiger partial charge is 0.393 e. The smallest absolute Gasteiger partial charge is 0.281 e. The predicted octanol–water partition coefficient (Wildman–Crippen LogP) is 0.232. The number of carbonyl (C=O) groups excluding carboxylic acids is 1. The van der Waals surface area contributed by atoms with E-state index in [2.05, 4.69) is 15.0 Å². The van der Waals surface area contributed by atoms with Gasteiger partial charge in [0.05, 0.1) is 6.10 Å². The zero-order valence-corrected chi connectivity index (χ0v) is 12.1. The van der Waals surface area contributed by atoms with E-state index in [1.165, 1.54) is 6.07 Å². The number of amides is 1. The van der Waals surface area contributed by atoms with Gasteiger partial charge >= 0.3 is 0 Å². The van der Waals surface area contributed by atoms with E-state index in [-0.39, 0.29) is 23.1 Å². The van der Waals surface area contributed by atoms with Crippen LogP contribution in [0.1, 0.15) is 25.7 Å². The molecule has 1 amide bonds. The number of carbonyl (C=O) groups is 1. The van der Waals surface area contributed by atoms with Crippen molar-refractivity contribution in [2.24, 2.45) is 5.92 Å². The highest BCUT2D eigenvalue weighted by Gasteiger charge is 2.33. The second kappa shape index (κ2) is 5.27. The molecule has 3 rings (SSSR count). The second-order valence-electron chi connectivity index (χ2n) is 5.57. The molecule has 8 heteroatoms. The highest BCUT2D eigenvalue weighted by atomic mass is 32.2. The van der Waals surface area contributed by atoms with Gasteiger partial charge in [0, 0.05) is 12.0 Å². The summed E-state index contributed by atoms with van der Waals surface area (Å²) in [5.74, 6) is -0.219. The van der Waals surface area contributed by atoms with E-state index in [0.29, 0.717) is 18.7 Å². The minimum atomic E-state index is -3.92. The average Bonchev–Trinajstić information content (AvgIpc) is 3.21. The summed E-state index contributed by atoms with van der Waals surface area (Å²) in [4.78, 5) is 15.6. The highest BCUT2D eigenvalue weighted by Crippen LogP contribution is 2.29. The van der Waals surface area contributed by atoms with Crippen molar-refractivity contribution in [2.75, 3.05) is 5.32 Å². The van der Waals surface area contributed by atoms with Crippen LogP contribution in [0.3, 0.4) is 0 Å². The molecular weight excluding hydrogens is 294 g/mol. The SMILES string of the molecule is O=C(NS(=O)(=O)c1cccc(N[C@H]2C[C@@H](O)C2)n1)C1CC1. The number of hydrogen-bond acceptors (Lipinski definition) is 6. The molecule has 1 aromatic rings. The van der Waals surface area contributed by atoms with Crippen LogP contribution in [0, 0.1) is 5.92 Å². The summed E-state index contributed by atoms with van der Waals surface area (Å²) in [7, 11) is -3.92. The molecule has 2 fully saturated rings. The first-order valence-electron chi connectivity index (χ1n) is 6.92. The van der Waals surface area contributed by atoms with Gasteiger partial charge in [-0.2, -0.15) is 8.42 Å². The van der Waals surface area contributed by atoms with Crippen LogP contribution in [-0.4, -0.2) is 36.6 Å². The molecule has 1 heterocycles. The number of nitrogens with one attached hydrogen (secondary N) is 2. The monoisotopic (exact) mass is 311 g/mol. The Morgan fingerprint density at radius 1 is 1.29 bits per heavy atom. The molecule has 0 aliphatic heterocycles. The first-order valence-corrected chi connectivity index (χ1v) is 8.41. The molecule has 0 atom stereocenters. The number of sulfonamides is 1. The third kappa shape index (κ3) is 3.33. The molecule has 0 unspecified atom stereocenters. The van der Waals surface area contributed by atoms with Crippen LogP contribution in [-0.2, 0) is 14.8 Å². The van der Waals surface area contributed by atoms with Crippen molar-refractivity contribution in [1.82, 2.24) is 9.71 Å². The molecule has 2 saturated carbocycles. The van der Waals surface area contributed by atoms with Crippen LogP contribution in [0.25, 0.3) is 0 Å². The lowest BCUT2D eigenvalue weighted by atomic mass is 9.89. The van der Waals surface area contributed by atoms with Gasteiger partial charge in [0.1, 0.15) is 5.82 Å². The third-order valence-electron chi connectivity index (χ3n) is 3.65. The van der Waals surface area contributed by atoms with E-state index in [4.69, 9.17) is 0 Å². The molecule has 0 bridgehead atoms. The Balaban J connectivity index is 1.70. The quantitative estimate of drug-likeness (QED) is 0.718. The lowest BCUT2D eigenvalue weighted by Crippen LogP contribution is -2.39. The van der Waals surface area contributed by atoms with Crippen molar-refractivity contribution in [1.29, 1.82) is 0 Å². The molecule has 0 aromatic carbocycles. The van der Waals surface area contributed by atoms with Gasteiger partial charge < -0.3 is 10.4 Å². The summed E-state index contributed by atoms with van der Waals surface area (Å²) in [5.41, 5.74) is 0. The number of hydrogen-bond donors (Lipinski definition) is 3. The number of anilines is 1. The Hall–Kier alpha value is -1.67. The summed E-state index contributed by atoms with van der Waals surface area (Å²) >= 11 is 0. The summed E-state index contributed by atoms with van der Waals surface area (Å²) in [5, 5.41) is 12.1. The Morgan fingerprint density at radius 2 is 2.00 bits per heavy atom. The standard InChI is InChI=1S/C13H17N3O4S/c17-10-6-9(7-10)14-11-2-1-3-12(15-11)21(19,20)16-13(18)8-4-5-8/h1-3,8-10,17H,4-7H2,(H,14,15)(H,16,18)/t9-,10+. The van der Waals surface area contributed by atoms with E-state index < -0.39 is 15.9 Å². The van der Waals surface area contributed by atoms with Crippen molar-refractivity contribution in [2.45, 2.75) is 42.9 Å². The van der Waals surface area contributed by atoms with Gasteiger partial charge in [-0.15, -0.1) is 0 Å².